The Morgan fingerprint density at radius 2 is 1.95 bits per heavy atom. The van der Waals surface area contributed by atoms with Gasteiger partial charge in [-0.15, -0.1) is 0 Å². The minimum Gasteiger partial charge on any atom is -0.466 e. The number of carbonyl (C=O) groups is 1. The molecule has 0 saturated carbocycles. The number of furan rings is 1. The van der Waals surface area contributed by atoms with Crippen LogP contribution in [0, 0.1) is 20.8 Å². The molecule has 0 amide bonds. The normalized spacial score (nSPS) is 11.1. The van der Waals surface area contributed by atoms with Crippen LogP contribution in [-0.2, 0) is 19.9 Å². The lowest BCUT2D eigenvalue weighted by Crippen LogP contribution is -2.10. The zero-order valence-electron chi connectivity index (χ0n) is 12.5. The number of aryl methyl sites for hydroxylation is 4. The number of ketones is 1. The molecule has 0 radical (unpaired) electrons. The summed E-state index contributed by atoms with van der Waals surface area (Å²) in [5.74, 6) is 1.58. The van der Waals surface area contributed by atoms with Gasteiger partial charge in [-0.3, -0.25) is 9.48 Å². The Balaban J connectivity index is 2.35. The first-order valence-electron chi connectivity index (χ1n) is 6.66. The molecule has 0 atom stereocenters. The molecule has 2 rings (SSSR count). The molecule has 0 N–H and O–H groups in total. The van der Waals surface area contributed by atoms with Crippen LogP contribution in [0.1, 0.15) is 45.8 Å². The predicted molar refractivity (Wildman–Crippen MR) is 81.2 cm³/mol. The molecule has 0 fully saturated rings. The molecule has 0 spiro atoms. The molecular formula is C15H19BrN2O2. The maximum atomic E-state index is 12.5. The highest BCUT2D eigenvalue weighted by atomic mass is 79.9. The van der Waals surface area contributed by atoms with E-state index in [9.17, 15) is 4.79 Å². The van der Waals surface area contributed by atoms with Gasteiger partial charge in [0.25, 0.3) is 0 Å². The molecule has 2 heterocycles. The van der Waals surface area contributed by atoms with Crippen LogP contribution in [0.15, 0.2) is 8.89 Å². The van der Waals surface area contributed by atoms with Crippen LogP contribution in [-0.4, -0.2) is 15.6 Å². The second-order valence-electron chi connectivity index (χ2n) is 5.00. The first-order chi connectivity index (χ1) is 9.36. The summed E-state index contributed by atoms with van der Waals surface area (Å²) in [5.41, 5.74) is 3.52. The second-order valence-corrected chi connectivity index (χ2v) is 5.79. The van der Waals surface area contributed by atoms with Gasteiger partial charge >= 0.3 is 0 Å². The van der Waals surface area contributed by atoms with Gasteiger partial charge in [-0.1, -0.05) is 6.92 Å². The lowest BCUT2D eigenvalue weighted by molar-refractivity contribution is 0.0988. The third-order valence-corrected chi connectivity index (χ3v) is 4.59. The first kappa shape index (κ1) is 15.0. The van der Waals surface area contributed by atoms with Gasteiger partial charge in [0.05, 0.1) is 27.8 Å². The molecule has 2 aromatic heterocycles. The third-order valence-electron chi connectivity index (χ3n) is 3.67. The summed E-state index contributed by atoms with van der Waals surface area (Å²) in [4.78, 5) is 12.5. The van der Waals surface area contributed by atoms with E-state index in [1.54, 1.807) is 4.68 Å². The van der Waals surface area contributed by atoms with Gasteiger partial charge in [0.2, 0.25) is 0 Å². The summed E-state index contributed by atoms with van der Waals surface area (Å²) in [5, 5.41) is 4.42. The lowest BCUT2D eigenvalue weighted by Gasteiger charge is -2.03. The van der Waals surface area contributed by atoms with Crippen molar-refractivity contribution in [1.82, 2.24) is 9.78 Å². The minimum atomic E-state index is 0.0724. The number of nitrogens with zero attached hydrogens (tertiary/aromatic N) is 2. The lowest BCUT2D eigenvalue weighted by atomic mass is 10.0. The number of halogens is 1. The Hall–Kier alpha value is -1.36. The minimum absolute atomic E-state index is 0.0724. The smallest absolute Gasteiger partial charge is 0.172 e. The van der Waals surface area contributed by atoms with Crippen LogP contribution >= 0.6 is 15.9 Å². The number of rotatable bonds is 4. The van der Waals surface area contributed by atoms with Crippen molar-refractivity contribution >= 4 is 21.7 Å². The fraction of sp³-hybridized carbons (Fsp3) is 0.467. The Kier molecular flexibility index (Phi) is 4.18. The van der Waals surface area contributed by atoms with Crippen molar-refractivity contribution in [2.45, 2.75) is 40.5 Å². The molecule has 108 valence electrons. The molecule has 5 heteroatoms. The quantitative estimate of drug-likeness (QED) is 0.798. The Labute approximate surface area is 127 Å². The van der Waals surface area contributed by atoms with Crippen molar-refractivity contribution in [3.63, 3.8) is 0 Å². The summed E-state index contributed by atoms with van der Waals surface area (Å²) in [6.07, 6.45) is 1.16. The van der Waals surface area contributed by atoms with E-state index in [-0.39, 0.29) is 5.78 Å². The topological polar surface area (TPSA) is 48.0 Å². The molecule has 0 bridgehead atoms. The van der Waals surface area contributed by atoms with Crippen molar-refractivity contribution in [3.8, 4) is 0 Å². The van der Waals surface area contributed by atoms with Crippen molar-refractivity contribution < 1.29 is 9.21 Å². The zero-order chi connectivity index (χ0) is 15.0. The van der Waals surface area contributed by atoms with Crippen molar-refractivity contribution in [2.75, 3.05) is 0 Å². The van der Waals surface area contributed by atoms with Gasteiger partial charge < -0.3 is 4.42 Å². The van der Waals surface area contributed by atoms with Gasteiger partial charge in [0, 0.05) is 12.6 Å². The highest BCUT2D eigenvalue weighted by Gasteiger charge is 2.22. The van der Waals surface area contributed by atoms with Crippen LogP contribution in [0.3, 0.4) is 0 Å². The summed E-state index contributed by atoms with van der Waals surface area (Å²) in [6.45, 7) is 7.69. The van der Waals surface area contributed by atoms with E-state index in [1.165, 1.54) is 0 Å². The summed E-state index contributed by atoms with van der Waals surface area (Å²) >= 11 is 3.55. The highest BCUT2D eigenvalue weighted by Crippen LogP contribution is 2.26. The Morgan fingerprint density at radius 3 is 2.40 bits per heavy atom. The summed E-state index contributed by atoms with van der Waals surface area (Å²) < 4.78 is 8.25. The largest absolute Gasteiger partial charge is 0.466 e. The standard InChI is InChI=1S/C15H19BrN2O2/c1-6-11-15(16)12(18(5)17-11)7-13(19)14-8(2)9(3)20-10(14)4/h6-7H2,1-5H3. The van der Waals surface area contributed by atoms with E-state index in [4.69, 9.17) is 4.42 Å². The molecule has 20 heavy (non-hydrogen) atoms. The van der Waals surface area contributed by atoms with Crippen molar-refractivity contribution in [1.29, 1.82) is 0 Å². The van der Waals surface area contributed by atoms with Crippen LogP contribution in [0.25, 0.3) is 0 Å². The summed E-state index contributed by atoms with van der Waals surface area (Å²) in [6, 6.07) is 0. The summed E-state index contributed by atoms with van der Waals surface area (Å²) in [7, 11) is 1.87. The number of hydrogen-bond acceptors (Lipinski definition) is 3. The van der Waals surface area contributed by atoms with Crippen LogP contribution in [0.4, 0.5) is 0 Å². The van der Waals surface area contributed by atoms with Crippen molar-refractivity contribution in [2.24, 2.45) is 7.05 Å². The molecule has 4 nitrogen and oxygen atoms in total. The van der Waals surface area contributed by atoms with Crippen molar-refractivity contribution in [3.05, 3.63) is 38.5 Å². The second kappa shape index (κ2) is 5.56. The zero-order valence-corrected chi connectivity index (χ0v) is 14.1. The van der Waals surface area contributed by atoms with E-state index >= 15 is 0 Å². The molecular weight excluding hydrogens is 320 g/mol. The van der Waals surface area contributed by atoms with Crippen LogP contribution < -0.4 is 0 Å². The molecule has 0 aromatic carbocycles. The van der Waals surface area contributed by atoms with Gasteiger partial charge in [0.15, 0.2) is 5.78 Å². The number of carbonyl (C=O) groups excluding carboxylic acids is 1. The predicted octanol–water partition coefficient (Wildman–Crippen LogP) is 3.69. The molecule has 0 saturated heterocycles. The number of hydrogen-bond donors (Lipinski definition) is 0. The average Bonchev–Trinajstić information content (AvgIpc) is 2.79. The van der Waals surface area contributed by atoms with E-state index in [0.717, 1.165) is 33.6 Å². The van der Waals surface area contributed by atoms with Gasteiger partial charge in [0.1, 0.15) is 11.5 Å². The Bertz CT molecular complexity index is 668. The van der Waals surface area contributed by atoms with E-state index in [0.29, 0.717) is 17.7 Å². The fourth-order valence-corrected chi connectivity index (χ4v) is 3.21. The van der Waals surface area contributed by atoms with E-state index < -0.39 is 0 Å². The maximum Gasteiger partial charge on any atom is 0.172 e. The van der Waals surface area contributed by atoms with E-state index in [2.05, 4.69) is 21.0 Å². The Morgan fingerprint density at radius 1 is 1.30 bits per heavy atom. The monoisotopic (exact) mass is 338 g/mol. The van der Waals surface area contributed by atoms with Gasteiger partial charge in [-0.25, -0.2) is 0 Å². The molecule has 0 aliphatic heterocycles. The molecule has 0 aliphatic carbocycles. The molecule has 0 unspecified atom stereocenters. The number of aromatic nitrogens is 2. The van der Waals surface area contributed by atoms with Gasteiger partial charge in [-0.05, 0) is 43.1 Å². The SMILES string of the molecule is CCc1nn(C)c(CC(=O)c2c(C)oc(C)c2C)c1Br. The molecule has 0 aliphatic rings. The van der Waals surface area contributed by atoms with E-state index in [1.807, 2.05) is 34.7 Å². The molecule has 2 aromatic rings. The van der Waals surface area contributed by atoms with Crippen LogP contribution in [0.2, 0.25) is 0 Å². The van der Waals surface area contributed by atoms with Gasteiger partial charge in [-0.2, -0.15) is 5.10 Å². The fourth-order valence-electron chi connectivity index (χ4n) is 2.46. The van der Waals surface area contributed by atoms with Crippen LogP contribution in [0.5, 0.6) is 0 Å². The average molecular weight is 339 g/mol. The highest BCUT2D eigenvalue weighted by molar-refractivity contribution is 9.10. The third kappa shape index (κ3) is 2.46. The first-order valence-corrected chi connectivity index (χ1v) is 7.46. The number of Topliss-reactive ketones (excluding diaryl/α,β-unsaturated/α-hetero) is 1. The maximum absolute atomic E-state index is 12.5.